The average molecular weight is 831 g/mol. The van der Waals surface area contributed by atoms with Gasteiger partial charge in [0.05, 0.1) is 19.8 Å². The number of ether oxygens (including phenoxy) is 2. The summed E-state index contributed by atoms with van der Waals surface area (Å²) in [4.78, 5) is 34.9. The van der Waals surface area contributed by atoms with E-state index in [-0.39, 0.29) is 19.4 Å². The Balaban J connectivity index is 4.18. The Hall–Kier alpha value is -1.55. The van der Waals surface area contributed by atoms with Gasteiger partial charge >= 0.3 is 19.8 Å². The molecule has 0 saturated carbocycles. The fourth-order valence-electron chi connectivity index (χ4n) is 6.45. The van der Waals surface area contributed by atoms with Crippen molar-refractivity contribution in [2.45, 2.75) is 232 Å². The molecule has 0 rings (SSSR count). The van der Waals surface area contributed by atoms with Gasteiger partial charge in [-0.3, -0.25) is 18.6 Å². The van der Waals surface area contributed by atoms with E-state index in [4.69, 9.17) is 19.1 Å². The number of carbonyl (C=O) groups excluding carboxylic acids is 2. The van der Waals surface area contributed by atoms with Crippen LogP contribution in [0.4, 0.5) is 0 Å². The second-order valence-electron chi connectivity index (χ2n) is 15.8. The highest BCUT2D eigenvalue weighted by atomic mass is 31.2. The van der Waals surface area contributed by atoms with E-state index in [0.717, 1.165) is 51.4 Å². The van der Waals surface area contributed by atoms with E-state index in [1.54, 1.807) is 0 Å². The molecule has 0 aromatic heterocycles. The number of phosphoric acid groups is 1. The highest BCUT2D eigenvalue weighted by Crippen LogP contribution is 2.43. The topological polar surface area (TPSA) is 149 Å². The van der Waals surface area contributed by atoms with Crippen molar-refractivity contribution in [3.8, 4) is 0 Å². The van der Waals surface area contributed by atoms with Gasteiger partial charge in [-0.25, -0.2) is 4.57 Å². The van der Waals surface area contributed by atoms with Crippen molar-refractivity contribution in [2.24, 2.45) is 0 Å². The lowest BCUT2D eigenvalue weighted by Gasteiger charge is -2.20. The van der Waals surface area contributed by atoms with Crippen LogP contribution in [0.5, 0.6) is 0 Å². The molecule has 0 bridgehead atoms. The number of unbranched alkanes of at least 4 members (excludes halogenated alkanes) is 26. The summed E-state index contributed by atoms with van der Waals surface area (Å²) in [5.74, 6) is -0.967. The molecule has 0 aromatic carbocycles. The van der Waals surface area contributed by atoms with E-state index >= 15 is 0 Å². The van der Waals surface area contributed by atoms with Crippen LogP contribution in [-0.2, 0) is 32.7 Å². The third kappa shape index (κ3) is 42.4. The summed E-state index contributed by atoms with van der Waals surface area (Å²) >= 11 is 0. The van der Waals surface area contributed by atoms with E-state index in [0.29, 0.717) is 12.8 Å². The molecular formula is C46H87O10P. The van der Waals surface area contributed by atoms with E-state index in [9.17, 15) is 24.2 Å². The van der Waals surface area contributed by atoms with Crippen LogP contribution in [0.3, 0.4) is 0 Å². The van der Waals surface area contributed by atoms with Crippen LogP contribution in [-0.4, -0.2) is 65.7 Å². The molecule has 57 heavy (non-hydrogen) atoms. The number of aliphatic hydroxyl groups excluding tert-OH is 2. The van der Waals surface area contributed by atoms with E-state index < -0.39 is 51.8 Å². The van der Waals surface area contributed by atoms with Gasteiger partial charge < -0.3 is 24.6 Å². The number of hydrogen-bond donors (Lipinski definition) is 3. The Kier molecular flexibility index (Phi) is 41.4. The largest absolute Gasteiger partial charge is 0.472 e. The Morgan fingerprint density at radius 3 is 1.37 bits per heavy atom. The van der Waals surface area contributed by atoms with Crippen molar-refractivity contribution in [2.75, 3.05) is 26.4 Å². The van der Waals surface area contributed by atoms with Crippen LogP contribution < -0.4 is 0 Å². The Morgan fingerprint density at radius 1 is 0.509 bits per heavy atom. The fourth-order valence-corrected chi connectivity index (χ4v) is 7.24. The maximum Gasteiger partial charge on any atom is 0.472 e. The lowest BCUT2D eigenvalue weighted by Crippen LogP contribution is -2.29. The highest BCUT2D eigenvalue weighted by molar-refractivity contribution is 7.47. The third-order valence-corrected chi connectivity index (χ3v) is 11.0. The van der Waals surface area contributed by atoms with Gasteiger partial charge in [0.2, 0.25) is 0 Å². The quantitative estimate of drug-likeness (QED) is 0.0234. The SMILES string of the molecule is CCCC/C=C/CCCCCCCC(=O)OC[C@H](COP(=O)(O)OC[C@@H](O)CO)OC(=O)CCC/C=C/CCCCCCCCCCCCCCCCCCCC. The minimum absolute atomic E-state index is 0.137. The Labute approximate surface area is 348 Å². The lowest BCUT2D eigenvalue weighted by atomic mass is 10.0. The van der Waals surface area contributed by atoms with Crippen molar-refractivity contribution in [3.63, 3.8) is 0 Å². The van der Waals surface area contributed by atoms with Crippen LogP contribution in [0.15, 0.2) is 24.3 Å². The number of hydrogen-bond acceptors (Lipinski definition) is 9. The molecule has 0 saturated heterocycles. The minimum Gasteiger partial charge on any atom is -0.462 e. The molecule has 0 amide bonds. The smallest absolute Gasteiger partial charge is 0.462 e. The summed E-state index contributed by atoms with van der Waals surface area (Å²) in [6.45, 7) is 2.32. The molecule has 0 aliphatic rings. The first kappa shape index (κ1) is 55.5. The molecule has 0 aromatic rings. The molecule has 0 radical (unpaired) electrons. The second kappa shape index (κ2) is 42.6. The molecule has 336 valence electrons. The maximum absolute atomic E-state index is 12.6. The zero-order valence-corrected chi connectivity index (χ0v) is 37.5. The van der Waals surface area contributed by atoms with Gasteiger partial charge in [-0.2, -0.15) is 0 Å². The normalized spacial score (nSPS) is 14.0. The third-order valence-electron chi connectivity index (χ3n) is 10.1. The molecule has 3 N–H and O–H groups in total. The molecule has 0 spiro atoms. The Bertz CT molecular complexity index is 1000. The standard InChI is InChI=1S/C46H87O10P/c1-3-5-7-9-11-13-15-16-17-18-19-20-21-22-23-24-25-26-28-30-32-34-36-38-46(50)56-44(42-55-57(51,52)54-40-43(48)39-47)41-53-45(49)37-35-33-31-29-27-14-12-10-8-6-4-2/h10,12,30,32,43-44,47-48H,3-9,11,13-29,31,33-42H2,1-2H3,(H,51,52)/b12-10+,32-30+/t43-,44+/m0/s1. The molecule has 0 heterocycles. The number of phosphoric ester groups is 1. The fraction of sp³-hybridized carbons (Fsp3) is 0.870. The number of esters is 2. The first-order valence-corrected chi connectivity index (χ1v) is 24.8. The first-order valence-electron chi connectivity index (χ1n) is 23.3. The predicted molar refractivity (Wildman–Crippen MR) is 233 cm³/mol. The number of rotatable bonds is 44. The summed E-state index contributed by atoms with van der Waals surface area (Å²) in [5, 5.41) is 18.3. The average Bonchev–Trinajstić information content (AvgIpc) is 3.20. The molecule has 0 aliphatic heterocycles. The van der Waals surface area contributed by atoms with Crippen LogP contribution in [0.1, 0.15) is 219 Å². The van der Waals surface area contributed by atoms with Gasteiger partial charge in [0, 0.05) is 12.8 Å². The van der Waals surface area contributed by atoms with Gasteiger partial charge in [0.25, 0.3) is 0 Å². The van der Waals surface area contributed by atoms with Crippen molar-refractivity contribution >= 4 is 19.8 Å². The lowest BCUT2D eigenvalue weighted by molar-refractivity contribution is -0.161. The van der Waals surface area contributed by atoms with Gasteiger partial charge in [0.15, 0.2) is 6.10 Å². The van der Waals surface area contributed by atoms with Crippen molar-refractivity contribution in [1.82, 2.24) is 0 Å². The van der Waals surface area contributed by atoms with Crippen molar-refractivity contribution in [1.29, 1.82) is 0 Å². The van der Waals surface area contributed by atoms with E-state index in [2.05, 4.69) is 42.7 Å². The van der Waals surface area contributed by atoms with Gasteiger partial charge in [0.1, 0.15) is 12.7 Å². The monoisotopic (exact) mass is 831 g/mol. The first-order chi connectivity index (χ1) is 27.7. The number of carbonyl (C=O) groups is 2. The zero-order chi connectivity index (χ0) is 41.9. The van der Waals surface area contributed by atoms with E-state index in [1.807, 2.05) is 0 Å². The zero-order valence-electron chi connectivity index (χ0n) is 36.6. The Morgan fingerprint density at radius 2 is 0.895 bits per heavy atom. The number of aliphatic hydroxyl groups is 2. The summed E-state index contributed by atoms with van der Waals surface area (Å²) < 4.78 is 32.7. The van der Waals surface area contributed by atoms with Gasteiger partial charge in [-0.15, -0.1) is 0 Å². The maximum atomic E-state index is 12.6. The van der Waals surface area contributed by atoms with Crippen molar-refractivity contribution in [3.05, 3.63) is 24.3 Å². The second-order valence-corrected chi connectivity index (χ2v) is 17.2. The van der Waals surface area contributed by atoms with E-state index in [1.165, 1.54) is 128 Å². The molecule has 11 heteroatoms. The van der Waals surface area contributed by atoms with Crippen LogP contribution in [0, 0.1) is 0 Å². The summed E-state index contributed by atoms with van der Waals surface area (Å²) in [7, 11) is -4.62. The summed E-state index contributed by atoms with van der Waals surface area (Å²) in [5.41, 5.74) is 0. The molecule has 10 nitrogen and oxygen atoms in total. The minimum atomic E-state index is -4.62. The summed E-state index contributed by atoms with van der Waals surface area (Å²) in [6.07, 6.45) is 43.1. The molecule has 0 aliphatic carbocycles. The van der Waals surface area contributed by atoms with Gasteiger partial charge in [-0.05, 0) is 51.4 Å². The highest BCUT2D eigenvalue weighted by Gasteiger charge is 2.27. The molecule has 0 fully saturated rings. The molecule has 1 unspecified atom stereocenters. The van der Waals surface area contributed by atoms with Crippen molar-refractivity contribution < 1.29 is 47.8 Å². The summed E-state index contributed by atoms with van der Waals surface area (Å²) in [6, 6.07) is 0. The van der Waals surface area contributed by atoms with Crippen LogP contribution >= 0.6 is 7.82 Å². The molecular weight excluding hydrogens is 743 g/mol. The molecule has 3 atom stereocenters. The van der Waals surface area contributed by atoms with Crippen LogP contribution in [0.2, 0.25) is 0 Å². The van der Waals surface area contributed by atoms with Crippen LogP contribution in [0.25, 0.3) is 0 Å². The van der Waals surface area contributed by atoms with Gasteiger partial charge in [-0.1, -0.05) is 179 Å². The number of allylic oxidation sites excluding steroid dienone is 4. The predicted octanol–water partition coefficient (Wildman–Crippen LogP) is 12.6.